The fraction of sp³-hybridized carbons (Fsp3) is 0.867. The number of aliphatic imine (C=N–C) groups is 2. The molecule has 6 unspecified atom stereocenters. The molecule has 3 aliphatic rings. The third-order valence-electron chi connectivity index (χ3n) is 5.79. The van der Waals surface area contributed by atoms with Gasteiger partial charge in [-0.2, -0.15) is 0 Å². The van der Waals surface area contributed by atoms with Crippen LogP contribution in [-0.4, -0.2) is 25.2 Å². The highest BCUT2D eigenvalue weighted by Crippen LogP contribution is 2.62. The van der Waals surface area contributed by atoms with Gasteiger partial charge in [-0.1, -0.05) is 0 Å². The number of hydrogen-bond acceptors (Lipinski definition) is 4. The van der Waals surface area contributed by atoms with E-state index in [9.17, 15) is 9.59 Å². The van der Waals surface area contributed by atoms with E-state index < -0.39 is 0 Å². The maximum atomic E-state index is 10.2. The van der Waals surface area contributed by atoms with E-state index in [0.29, 0.717) is 19.0 Å². The van der Waals surface area contributed by atoms with Gasteiger partial charge in [0, 0.05) is 0 Å². The second kappa shape index (κ2) is 5.40. The predicted molar refractivity (Wildman–Crippen MR) is 70.0 cm³/mol. The molecule has 0 aromatic heterocycles. The molecule has 3 saturated carbocycles. The molecule has 6 atom stereocenters. The molecule has 0 N–H and O–H groups in total. The molecule has 3 rings (SSSR count). The van der Waals surface area contributed by atoms with E-state index >= 15 is 0 Å². The van der Waals surface area contributed by atoms with Crippen LogP contribution in [0.2, 0.25) is 0 Å². The first kappa shape index (κ1) is 12.8. The Bertz CT molecular complexity index is 437. The quantitative estimate of drug-likeness (QED) is 0.562. The van der Waals surface area contributed by atoms with Crippen LogP contribution >= 0.6 is 0 Å². The van der Waals surface area contributed by atoms with Crippen LogP contribution in [0.25, 0.3) is 0 Å². The Kier molecular flexibility index (Phi) is 3.63. The zero-order valence-corrected chi connectivity index (χ0v) is 11.1. The molecular weight excluding hydrogens is 240 g/mol. The second-order valence-corrected chi connectivity index (χ2v) is 6.51. The highest BCUT2D eigenvalue weighted by molar-refractivity contribution is 5.33. The summed E-state index contributed by atoms with van der Waals surface area (Å²) in [4.78, 5) is 27.8. The van der Waals surface area contributed by atoms with Crippen LogP contribution in [0.15, 0.2) is 9.98 Å². The SMILES string of the molecule is O=C=NCCC1CC2CC1C1CC(CN=C=O)CC21. The Morgan fingerprint density at radius 1 is 0.895 bits per heavy atom. The van der Waals surface area contributed by atoms with Crippen LogP contribution in [0.4, 0.5) is 0 Å². The summed E-state index contributed by atoms with van der Waals surface area (Å²) in [7, 11) is 0. The van der Waals surface area contributed by atoms with E-state index in [1.807, 2.05) is 0 Å². The zero-order valence-electron chi connectivity index (χ0n) is 11.1. The van der Waals surface area contributed by atoms with E-state index in [1.54, 1.807) is 12.2 Å². The highest BCUT2D eigenvalue weighted by atomic mass is 16.1. The van der Waals surface area contributed by atoms with Crippen LogP contribution < -0.4 is 0 Å². The summed E-state index contributed by atoms with van der Waals surface area (Å²) in [5.74, 6) is 4.80. The van der Waals surface area contributed by atoms with Gasteiger partial charge < -0.3 is 0 Å². The summed E-state index contributed by atoms with van der Waals surface area (Å²) in [5, 5.41) is 0. The molecule has 0 saturated heterocycles. The third-order valence-corrected chi connectivity index (χ3v) is 5.79. The van der Waals surface area contributed by atoms with E-state index in [-0.39, 0.29) is 0 Å². The zero-order chi connectivity index (χ0) is 13.2. The van der Waals surface area contributed by atoms with Gasteiger partial charge in [0.25, 0.3) is 0 Å². The monoisotopic (exact) mass is 260 g/mol. The summed E-state index contributed by atoms with van der Waals surface area (Å²) in [6.45, 7) is 1.32. The Morgan fingerprint density at radius 2 is 1.68 bits per heavy atom. The number of fused-ring (bicyclic) bond motifs is 5. The van der Waals surface area contributed by atoms with Crippen LogP contribution in [0.5, 0.6) is 0 Å². The van der Waals surface area contributed by atoms with E-state index in [2.05, 4.69) is 9.98 Å². The van der Waals surface area contributed by atoms with Crippen molar-refractivity contribution in [1.29, 1.82) is 0 Å². The Labute approximate surface area is 113 Å². The molecule has 4 heteroatoms. The maximum absolute atomic E-state index is 10.2. The van der Waals surface area contributed by atoms with E-state index in [0.717, 1.165) is 36.0 Å². The smallest absolute Gasteiger partial charge is 0.211 e. The molecule has 0 aliphatic heterocycles. The summed E-state index contributed by atoms with van der Waals surface area (Å²) >= 11 is 0. The van der Waals surface area contributed by atoms with E-state index in [4.69, 9.17) is 0 Å². The van der Waals surface area contributed by atoms with Crippen molar-refractivity contribution in [3.63, 3.8) is 0 Å². The average molecular weight is 260 g/mol. The lowest BCUT2D eigenvalue weighted by Gasteiger charge is -2.31. The van der Waals surface area contributed by atoms with Crippen molar-refractivity contribution in [3.8, 4) is 0 Å². The molecule has 0 amide bonds. The number of carbonyl (C=O) groups excluding carboxylic acids is 2. The second-order valence-electron chi connectivity index (χ2n) is 6.51. The number of rotatable bonds is 5. The number of hydrogen-bond donors (Lipinski definition) is 0. The first-order chi connectivity index (χ1) is 9.33. The normalized spacial score (nSPS) is 42.5. The van der Waals surface area contributed by atoms with Crippen LogP contribution in [0.3, 0.4) is 0 Å². The number of nitrogens with zero attached hydrogens (tertiary/aromatic N) is 2. The van der Waals surface area contributed by atoms with Gasteiger partial charge in [-0.3, -0.25) is 0 Å². The fourth-order valence-electron chi connectivity index (χ4n) is 5.25. The molecule has 0 spiro atoms. The molecule has 19 heavy (non-hydrogen) atoms. The fourth-order valence-corrected chi connectivity index (χ4v) is 5.25. The van der Waals surface area contributed by atoms with Crippen molar-refractivity contribution < 1.29 is 9.59 Å². The molecule has 4 nitrogen and oxygen atoms in total. The van der Waals surface area contributed by atoms with Crippen molar-refractivity contribution in [2.45, 2.75) is 32.1 Å². The summed E-state index contributed by atoms with van der Waals surface area (Å²) in [6.07, 6.45) is 9.57. The van der Waals surface area contributed by atoms with Crippen molar-refractivity contribution in [2.75, 3.05) is 13.1 Å². The summed E-state index contributed by atoms with van der Waals surface area (Å²) < 4.78 is 0. The lowest BCUT2D eigenvalue weighted by Crippen LogP contribution is -2.24. The van der Waals surface area contributed by atoms with Crippen LogP contribution in [0.1, 0.15) is 32.1 Å². The van der Waals surface area contributed by atoms with Crippen molar-refractivity contribution in [2.24, 2.45) is 45.5 Å². The molecule has 0 aromatic rings. The molecule has 102 valence electrons. The van der Waals surface area contributed by atoms with Crippen LogP contribution in [-0.2, 0) is 9.59 Å². The van der Waals surface area contributed by atoms with Gasteiger partial charge in [-0.05, 0) is 67.6 Å². The Morgan fingerprint density at radius 3 is 2.47 bits per heavy atom. The molecule has 0 heterocycles. The van der Waals surface area contributed by atoms with Gasteiger partial charge in [-0.15, -0.1) is 0 Å². The highest BCUT2D eigenvalue weighted by Gasteiger charge is 2.55. The van der Waals surface area contributed by atoms with Gasteiger partial charge in [0.1, 0.15) is 0 Å². The summed E-state index contributed by atoms with van der Waals surface area (Å²) in [6, 6.07) is 0. The molecule has 0 radical (unpaired) electrons. The Hall–Kier alpha value is -1.24. The molecule has 2 bridgehead atoms. The molecule has 3 fully saturated rings. The largest absolute Gasteiger partial charge is 0.234 e. The lowest BCUT2D eigenvalue weighted by molar-refractivity contribution is 0.183. The predicted octanol–water partition coefficient (Wildman–Crippen LogP) is 2.35. The van der Waals surface area contributed by atoms with Crippen LogP contribution in [0, 0.1) is 35.5 Å². The first-order valence-electron chi connectivity index (χ1n) is 7.40. The van der Waals surface area contributed by atoms with Crippen molar-refractivity contribution in [3.05, 3.63) is 0 Å². The van der Waals surface area contributed by atoms with Gasteiger partial charge in [0.05, 0.1) is 13.1 Å². The maximum Gasteiger partial charge on any atom is 0.234 e. The van der Waals surface area contributed by atoms with Gasteiger partial charge in [0.15, 0.2) is 0 Å². The minimum absolute atomic E-state index is 0.605. The molecule has 0 aromatic carbocycles. The number of isocyanates is 2. The first-order valence-corrected chi connectivity index (χ1v) is 7.40. The minimum Gasteiger partial charge on any atom is -0.211 e. The minimum atomic E-state index is 0.605. The van der Waals surface area contributed by atoms with Crippen molar-refractivity contribution >= 4 is 12.2 Å². The Balaban J connectivity index is 1.59. The summed E-state index contributed by atoms with van der Waals surface area (Å²) in [5.41, 5.74) is 0. The van der Waals surface area contributed by atoms with Crippen molar-refractivity contribution in [1.82, 2.24) is 0 Å². The third kappa shape index (κ3) is 2.31. The topological polar surface area (TPSA) is 58.9 Å². The van der Waals surface area contributed by atoms with E-state index in [1.165, 1.54) is 25.7 Å². The van der Waals surface area contributed by atoms with Gasteiger partial charge in [-0.25, -0.2) is 19.6 Å². The standard InChI is InChI=1S/C15H20N2O2/c18-8-16-2-1-11-5-12-6-14(11)15-4-10(3-13(12)15)7-17-9-19/h10-15H,1-7H2. The van der Waals surface area contributed by atoms with Gasteiger partial charge in [0.2, 0.25) is 12.2 Å². The molecular formula is C15H20N2O2. The molecule has 3 aliphatic carbocycles. The van der Waals surface area contributed by atoms with Gasteiger partial charge >= 0.3 is 0 Å². The average Bonchev–Trinajstić information content (AvgIpc) is 3.07. The lowest BCUT2D eigenvalue weighted by atomic mass is 9.74.